The van der Waals surface area contributed by atoms with E-state index in [4.69, 9.17) is 23.2 Å². The molecule has 1 rings (SSSR count). The molecule has 1 heterocycles. The Kier molecular flexibility index (Phi) is 9.30. The number of hydrogen-bond donors (Lipinski definition) is 3. The van der Waals surface area contributed by atoms with Gasteiger partial charge in [0.2, 0.25) is 5.91 Å². The predicted molar refractivity (Wildman–Crippen MR) is 107 cm³/mol. The van der Waals surface area contributed by atoms with Crippen LogP contribution < -0.4 is 16.0 Å². The molecule has 6 nitrogen and oxygen atoms in total. The van der Waals surface area contributed by atoms with Gasteiger partial charge in [-0.2, -0.15) is 0 Å². The lowest BCUT2D eigenvalue weighted by Gasteiger charge is -2.21. The predicted octanol–water partition coefficient (Wildman–Crippen LogP) is 2.53. The topological polar surface area (TPSA) is 70.4 Å². The molecule has 0 atom stereocenters. The van der Waals surface area contributed by atoms with Gasteiger partial charge < -0.3 is 20.5 Å². The molecule has 132 valence electrons. The second-order valence-corrected chi connectivity index (χ2v) is 6.68. The minimum absolute atomic E-state index is 0. The molecule has 0 fully saturated rings. The number of aliphatic imine (C=N–C) groups is 1. The Morgan fingerprint density at radius 1 is 1.30 bits per heavy atom. The van der Waals surface area contributed by atoms with Crippen molar-refractivity contribution in [1.82, 2.24) is 20.5 Å². The average molecular weight is 476 g/mol. The molecule has 0 radical (unpaired) electrons. The molecule has 0 aliphatic carbocycles. The van der Waals surface area contributed by atoms with E-state index < -0.39 is 0 Å². The Bertz CT molecular complexity index is 566. The molecule has 3 N–H and O–H groups in total. The van der Waals surface area contributed by atoms with Gasteiger partial charge >= 0.3 is 0 Å². The highest BCUT2D eigenvalue weighted by molar-refractivity contribution is 14.0. The lowest BCUT2D eigenvalue weighted by atomic mass is 10.1. The maximum absolute atomic E-state index is 11.8. The van der Waals surface area contributed by atoms with E-state index >= 15 is 0 Å². The third kappa shape index (κ3) is 7.63. The van der Waals surface area contributed by atoms with E-state index in [0.29, 0.717) is 22.7 Å². The smallest absolute Gasteiger partial charge is 0.239 e. The third-order valence-electron chi connectivity index (χ3n) is 2.81. The van der Waals surface area contributed by atoms with Crippen molar-refractivity contribution in [1.29, 1.82) is 0 Å². The molecule has 0 aliphatic heterocycles. The van der Waals surface area contributed by atoms with E-state index in [1.807, 2.05) is 27.8 Å². The molecule has 9 heteroatoms. The molecular weight excluding hydrogens is 452 g/mol. The first-order chi connectivity index (χ1) is 10.1. The Morgan fingerprint density at radius 3 is 2.35 bits per heavy atom. The van der Waals surface area contributed by atoms with Gasteiger partial charge in [0.15, 0.2) is 5.96 Å². The number of guanidine groups is 1. The molecule has 1 aromatic heterocycles. The number of halogens is 3. The van der Waals surface area contributed by atoms with Gasteiger partial charge in [0.05, 0.1) is 18.1 Å². The number of amides is 1. The normalized spacial score (nSPS) is 11.7. The van der Waals surface area contributed by atoms with Gasteiger partial charge in [-0.3, -0.25) is 9.79 Å². The largest absolute Gasteiger partial charge is 0.351 e. The van der Waals surface area contributed by atoms with Crippen LogP contribution in [0.4, 0.5) is 0 Å². The van der Waals surface area contributed by atoms with Crippen molar-refractivity contribution < 1.29 is 4.79 Å². The average Bonchev–Trinajstić information content (AvgIpc) is 2.64. The quantitative estimate of drug-likeness (QED) is 0.356. The standard InChI is InChI=1S/C14H23Cl2N5O.HI/c1-14(2,3)20-11(22)8-19-13(17-4)18-7-9-6-10(15)12(16)21(9)5;/h6H,7-8H2,1-5H3,(H,20,22)(H2,17,18,19);1H. The van der Waals surface area contributed by atoms with E-state index in [1.165, 1.54) is 0 Å². The highest BCUT2D eigenvalue weighted by Crippen LogP contribution is 2.24. The summed E-state index contributed by atoms with van der Waals surface area (Å²) in [6.45, 7) is 6.43. The van der Waals surface area contributed by atoms with Crippen molar-refractivity contribution in [2.75, 3.05) is 13.6 Å². The van der Waals surface area contributed by atoms with Crippen LogP contribution >= 0.6 is 47.2 Å². The summed E-state index contributed by atoms with van der Waals surface area (Å²) < 4.78 is 1.79. The lowest BCUT2D eigenvalue weighted by molar-refractivity contribution is -0.121. The minimum Gasteiger partial charge on any atom is -0.351 e. The van der Waals surface area contributed by atoms with Crippen LogP contribution in [0, 0.1) is 0 Å². The second-order valence-electron chi connectivity index (χ2n) is 5.91. The van der Waals surface area contributed by atoms with Crippen LogP contribution in [0.15, 0.2) is 11.1 Å². The molecule has 0 aromatic carbocycles. The highest BCUT2D eigenvalue weighted by atomic mass is 127. The van der Waals surface area contributed by atoms with Gasteiger partial charge in [-0.15, -0.1) is 24.0 Å². The fourth-order valence-corrected chi connectivity index (χ4v) is 2.20. The number of carbonyl (C=O) groups excluding carboxylic acids is 1. The summed E-state index contributed by atoms with van der Waals surface area (Å²) >= 11 is 12.0. The summed E-state index contributed by atoms with van der Waals surface area (Å²) in [5.74, 6) is 0.429. The van der Waals surface area contributed by atoms with Crippen molar-refractivity contribution >= 4 is 59.0 Å². The number of rotatable bonds is 4. The zero-order chi connectivity index (χ0) is 16.9. The summed E-state index contributed by atoms with van der Waals surface area (Å²) in [7, 11) is 3.47. The van der Waals surface area contributed by atoms with E-state index in [-0.39, 0.29) is 42.0 Å². The van der Waals surface area contributed by atoms with Gasteiger partial charge in [0.1, 0.15) is 5.15 Å². The fraction of sp³-hybridized carbons (Fsp3) is 0.571. The molecular formula is C14H24Cl2IN5O. The van der Waals surface area contributed by atoms with Gasteiger partial charge in [-0.25, -0.2) is 0 Å². The maximum atomic E-state index is 11.8. The van der Waals surface area contributed by atoms with Crippen LogP contribution in [-0.4, -0.2) is 35.6 Å². The minimum atomic E-state index is -0.258. The monoisotopic (exact) mass is 475 g/mol. The van der Waals surface area contributed by atoms with Crippen LogP contribution in [0.1, 0.15) is 26.5 Å². The number of nitrogens with one attached hydrogen (secondary N) is 3. The first-order valence-electron chi connectivity index (χ1n) is 6.89. The molecule has 1 aromatic rings. The number of carbonyl (C=O) groups is 1. The molecule has 0 bridgehead atoms. The van der Waals surface area contributed by atoms with Gasteiger partial charge in [0, 0.05) is 25.3 Å². The first kappa shape index (κ1) is 22.3. The molecule has 0 spiro atoms. The Balaban J connectivity index is 0.00000484. The van der Waals surface area contributed by atoms with Crippen LogP contribution in [0.5, 0.6) is 0 Å². The van der Waals surface area contributed by atoms with Gasteiger partial charge in [0.25, 0.3) is 0 Å². The summed E-state index contributed by atoms with van der Waals surface area (Å²) in [6.07, 6.45) is 0. The molecule has 23 heavy (non-hydrogen) atoms. The van der Waals surface area contributed by atoms with Crippen molar-refractivity contribution in [3.8, 4) is 0 Å². The number of aromatic nitrogens is 1. The van der Waals surface area contributed by atoms with Crippen molar-refractivity contribution in [2.45, 2.75) is 32.9 Å². The lowest BCUT2D eigenvalue weighted by Crippen LogP contribution is -2.48. The Labute approximate surface area is 164 Å². The van der Waals surface area contributed by atoms with Crippen LogP contribution in [0.25, 0.3) is 0 Å². The zero-order valence-electron chi connectivity index (χ0n) is 14.0. The Morgan fingerprint density at radius 2 is 1.91 bits per heavy atom. The van der Waals surface area contributed by atoms with E-state index in [1.54, 1.807) is 17.7 Å². The van der Waals surface area contributed by atoms with E-state index in [0.717, 1.165) is 5.69 Å². The Hall–Kier alpha value is -0.670. The SMILES string of the molecule is CN=C(NCC(=O)NC(C)(C)C)NCc1cc(Cl)c(Cl)n1C.I. The second kappa shape index (κ2) is 9.58. The van der Waals surface area contributed by atoms with E-state index in [2.05, 4.69) is 20.9 Å². The zero-order valence-corrected chi connectivity index (χ0v) is 17.8. The summed E-state index contributed by atoms with van der Waals surface area (Å²) in [5.41, 5.74) is 0.656. The van der Waals surface area contributed by atoms with Crippen molar-refractivity contribution in [2.24, 2.45) is 12.0 Å². The number of nitrogens with zero attached hydrogens (tertiary/aromatic N) is 2. The summed E-state index contributed by atoms with van der Waals surface area (Å²) in [4.78, 5) is 15.8. The van der Waals surface area contributed by atoms with Crippen LogP contribution in [0.3, 0.4) is 0 Å². The van der Waals surface area contributed by atoms with E-state index in [9.17, 15) is 4.79 Å². The van der Waals surface area contributed by atoms with Gasteiger partial charge in [-0.1, -0.05) is 23.2 Å². The third-order valence-corrected chi connectivity index (χ3v) is 3.65. The first-order valence-corrected chi connectivity index (χ1v) is 7.64. The van der Waals surface area contributed by atoms with Crippen molar-refractivity contribution in [3.63, 3.8) is 0 Å². The maximum Gasteiger partial charge on any atom is 0.239 e. The molecule has 0 saturated heterocycles. The van der Waals surface area contributed by atoms with Crippen molar-refractivity contribution in [3.05, 3.63) is 21.9 Å². The summed E-state index contributed by atoms with van der Waals surface area (Å²) in [5, 5.41) is 9.93. The highest BCUT2D eigenvalue weighted by Gasteiger charge is 2.14. The van der Waals surface area contributed by atoms with Crippen LogP contribution in [-0.2, 0) is 18.4 Å². The fourth-order valence-electron chi connectivity index (χ4n) is 1.78. The molecule has 0 saturated carbocycles. The molecule has 0 unspecified atom stereocenters. The van der Waals surface area contributed by atoms with Crippen LogP contribution in [0.2, 0.25) is 10.2 Å². The number of hydrogen-bond acceptors (Lipinski definition) is 2. The molecule has 1 amide bonds. The summed E-state index contributed by atoms with van der Waals surface area (Å²) in [6, 6.07) is 1.79. The molecule has 0 aliphatic rings. The van der Waals surface area contributed by atoms with Gasteiger partial charge in [-0.05, 0) is 26.8 Å².